The molecule has 1 amide bonds. The number of allylic oxidation sites excluding steroid dienone is 11. The maximum Gasteiger partial charge on any atom is 0.220 e. The van der Waals surface area contributed by atoms with Crippen LogP contribution >= 0.6 is 0 Å². The number of aliphatic hydroxyl groups excluding tert-OH is 11. The molecule has 0 spiro atoms. The van der Waals surface area contributed by atoms with Crippen LogP contribution in [0.15, 0.2) is 72.9 Å². The van der Waals surface area contributed by atoms with E-state index >= 15 is 0 Å². The van der Waals surface area contributed by atoms with Crippen LogP contribution in [0.3, 0.4) is 0 Å². The third kappa shape index (κ3) is 36.9. The largest absolute Gasteiger partial charge is 0.394 e. The van der Waals surface area contributed by atoms with E-state index in [9.17, 15) is 61.0 Å². The van der Waals surface area contributed by atoms with Gasteiger partial charge in [0, 0.05) is 6.42 Å². The maximum absolute atomic E-state index is 13.4. The highest BCUT2D eigenvalue weighted by Gasteiger charge is 2.53. The summed E-state index contributed by atoms with van der Waals surface area (Å²) < 4.78 is 34.3. The second-order valence-corrected chi connectivity index (χ2v) is 26.4. The van der Waals surface area contributed by atoms with Gasteiger partial charge in [-0.1, -0.05) is 247 Å². The molecule has 3 fully saturated rings. The molecule has 19 heteroatoms. The Labute approximate surface area is 566 Å². The number of rotatable bonds is 57. The van der Waals surface area contributed by atoms with Crippen LogP contribution in [0.2, 0.25) is 0 Å². The molecule has 0 aromatic rings. The van der Waals surface area contributed by atoms with Crippen molar-refractivity contribution in [3.63, 3.8) is 0 Å². The molecule has 3 saturated heterocycles. The van der Waals surface area contributed by atoms with Gasteiger partial charge < -0.3 is 89.9 Å². The number of aliphatic hydroxyl groups is 11. The molecule has 0 aromatic heterocycles. The maximum atomic E-state index is 13.4. The van der Waals surface area contributed by atoms with Gasteiger partial charge in [0.2, 0.25) is 5.91 Å². The van der Waals surface area contributed by atoms with Gasteiger partial charge in [-0.25, -0.2) is 0 Å². The fraction of sp³-hybridized carbons (Fsp3) is 0.827. The van der Waals surface area contributed by atoms with E-state index in [0.29, 0.717) is 12.8 Å². The summed E-state index contributed by atoms with van der Waals surface area (Å²) in [4.78, 5) is 13.4. The van der Waals surface area contributed by atoms with Crippen molar-refractivity contribution in [2.75, 3.05) is 26.4 Å². The summed E-state index contributed by atoms with van der Waals surface area (Å²) in [6.07, 6.45) is 44.8. The van der Waals surface area contributed by atoms with E-state index in [4.69, 9.17) is 28.4 Å². The van der Waals surface area contributed by atoms with Gasteiger partial charge in [0.05, 0.1) is 38.6 Å². The number of hydrogen-bond acceptors (Lipinski definition) is 18. The lowest BCUT2D eigenvalue weighted by Gasteiger charge is -2.48. The zero-order valence-electron chi connectivity index (χ0n) is 57.9. The minimum absolute atomic E-state index is 0.232. The lowest BCUT2D eigenvalue weighted by molar-refractivity contribution is -0.379. The number of hydrogen-bond donors (Lipinski definition) is 12. The molecule has 546 valence electrons. The van der Waals surface area contributed by atoms with E-state index in [1.54, 1.807) is 6.08 Å². The summed E-state index contributed by atoms with van der Waals surface area (Å²) in [5, 5.41) is 120. The molecule has 3 aliphatic rings. The van der Waals surface area contributed by atoms with Gasteiger partial charge >= 0.3 is 0 Å². The molecular weight excluding hydrogens is 1200 g/mol. The van der Waals surface area contributed by atoms with E-state index in [0.717, 1.165) is 57.8 Å². The third-order valence-corrected chi connectivity index (χ3v) is 18.2. The standard InChI is InChI=1S/C75H133NO18/c1-3-5-7-9-11-13-15-17-19-20-21-22-23-24-25-26-27-28-29-30-31-32-33-34-35-36-37-38-39-41-43-45-47-49-51-53-63(81)76-58(59(80)52-50-48-46-44-42-40-18-16-14-12-10-8-6-4-2)57-89-73-69(87)66(84)71(61(55-78)91-73)94-75-70(88)67(85)72(62(56-79)92-75)93-74-68(86)65(83)64(82)60(54-77)90-74/h14-17,20-21,23-24,42,44,50,52,58-62,64-75,77-80,82-88H,3-13,18-19,22,25-41,43,45-49,51,53-57H2,1-2H3,(H,76,81)/b16-14+,17-15-,21-20-,24-23-,44-42+,52-50+. The molecule has 94 heavy (non-hydrogen) atoms. The van der Waals surface area contributed by atoms with Crippen molar-refractivity contribution in [2.24, 2.45) is 0 Å². The first-order valence-electron chi connectivity index (χ1n) is 37.2. The Morgan fingerprint density at radius 1 is 0.383 bits per heavy atom. The first-order valence-corrected chi connectivity index (χ1v) is 37.2. The predicted molar refractivity (Wildman–Crippen MR) is 369 cm³/mol. The molecule has 3 aliphatic heterocycles. The van der Waals surface area contributed by atoms with Gasteiger partial charge in [-0.3, -0.25) is 4.79 Å². The number of carbonyl (C=O) groups is 1. The molecule has 0 saturated carbocycles. The van der Waals surface area contributed by atoms with Crippen LogP contribution in [-0.2, 0) is 33.2 Å². The van der Waals surface area contributed by atoms with E-state index in [2.05, 4.69) is 79.9 Å². The molecule has 3 heterocycles. The first-order chi connectivity index (χ1) is 45.8. The van der Waals surface area contributed by atoms with E-state index in [1.807, 2.05) is 6.08 Å². The highest BCUT2D eigenvalue weighted by molar-refractivity contribution is 5.76. The Bertz CT molecular complexity index is 1980. The smallest absolute Gasteiger partial charge is 0.220 e. The average Bonchev–Trinajstić information content (AvgIpc) is 0.787. The minimum atomic E-state index is -1.98. The van der Waals surface area contributed by atoms with Crippen LogP contribution in [0.25, 0.3) is 0 Å². The second kappa shape index (κ2) is 56.0. The van der Waals surface area contributed by atoms with Crippen molar-refractivity contribution < 1.29 is 89.4 Å². The monoisotopic (exact) mass is 1340 g/mol. The molecule has 17 unspecified atom stereocenters. The van der Waals surface area contributed by atoms with Crippen LogP contribution in [0.4, 0.5) is 0 Å². The Hall–Kier alpha value is -2.77. The van der Waals surface area contributed by atoms with Crippen LogP contribution in [0, 0.1) is 0 Å². The lowest BCUT2D eigenvalue weighted by atomic mass is 9.96. The highest BCUT2D eigenvalue weighted by atomic mass is 16.8. The molecule has 3 rings (SSSR count). The number of carbonyl (C=O) groups excluding carboxylic acids is 1. The van der Waals surface area contributed by atoms with Crippen molar-refractivity contribution in [2.45, 2.75) is 369 Å². The summed E-state index contributed by atoms with van der Waals surface area (Å²) in [5.74, 6) is -0.289. The van der Waals surface area contributed by atoms with Crippen LogP contribution in [0.5, 0.6) is 0 Å². The SMILES string of the molecule is CCCCCC/C=C/CC/C=C/CC/C=C/C(O)C(COC1OC(CO)C(OC2OC(CO)C(OC3OC(CO)C(O)C(O)C3O)C(O)C2O)C(O)C1O)NC(=O)CCCCCCCCCCCCCCCCCCCCCC/C=C\C/C=C\C/C=C\CCCCCCC. The van der Waals surface area contributed by atoms with Gasteiger partial charge in [-0.15, -0.1) is 0 Å². The summed E-state index contributed by atoms with van der Waals surface area (Å²) >= 11 is 0. The average molecular weight is 1340 g/mol. The van der Waals surface area contributed by atoms with Gasteiger partial charge in [-0.2, -0.15) is 0 Å². The van der Waals surface area contributed by atoms with Crippen molar-refractivity contribution in [3.05, 3.63) is 72.9 Å². The van der Waals surface area contributed by atoms with Crippen molar-refractivity contribution in [1.82, 2.24) is 5.32 Å². The lowest BCUT2D eigenvalue weighted by Crippen LogP contribution is -2.66. The number of ether oxygens (including phenoxy) is 6. The van der Waals surface area contributed by atoms with Crippen molar-refractivity contribution >= 4 is 5.91 Å². The van der Waals surface area contributed by atoms with Gasteiger partial charge in [-0.05, 0) is 83.5 Å². The normalized spacial score (nSPS) is 27.8. The topological polar surface area (TPSA) is 307 Å². The van der Waals surface area contributed by atoms with E-state index in [-0.39, 0.29) is 18.9 Å². The predicted octanol–water partition coefficient (Wildman–Crippen LogP) is 10.9. The molecule has 0 radical (unpaired) electrons. The molecule has 0 aliphatic carbocycles. The number of nitrogens with one attached hydrogen (secondary N) is 1. The Balaban J connectivity index is 1.34. The Kier molecular flexibility index (Phi) is 50.9. The van der Waals surface area contributed by atoms with Gasteiger partial charge in [0.25, 0.3) is 0 Å². The Morgan fingerprint density at radius 2 is 0.713 bits per heavy atom. The number of amides is 1. The van der Waals surface area contributed by atoms with Crippen LogP contribution in [-0.4, -0.2) is 193 Å². The van der Waals surface area contributed by atoms with Crippen LogP contribution < -0.4 is 5.32 Å². The fourth-order valence-electron chi connectivity index (χ4n) is 12.2. The summed E-state index contributed by atoms with van der Waals surface area (Å²) in [5.41, 5.74) is 0. The van der Waals surface area contributed by atoms with E-state index < -0.39 is 124 Å². The minimum Gasteiger partial charge on any atom is -0.394 e. The summed E-state index contributed by atoms with van der Waals surface area (Å²) in [6, 6.07) is -0.998. The number of unbranched alkanes of at least 4 members (excludes halogenated alkanes) is 31. The fourth-order valence-corrected chi connectivity index (χ4v) is 12.2. The van der Waals surface area contributed by atoms with Gasteiger partial charge in [0.1, 0.15) is 73.2 Å². The molecule has 17 atom stereocenters. The van der Waals surface area contributed by atoms with Crippen LogP contribution in [0.1, 0.15) is 264 Å². The molecular formula is C75H133NO18. The second-order valence-electron chi connectivity index (χ2n) is 26.4. The molecule has 12 N–H and O–H groups in total. The third-order valence-electron chi connectivity index (χ3n) is 18.2. The molecule has 0 bridgehead atoms. The van der Waals surface area contributed by atoms with E-state index in [1.165, 1.54) is 173 Å². The summed E-state index contributed by atoms with van der Waals surface area (Å²) in [7, 11) is 0. The van der Waals surface area contributed by atoms with Gasteiger partial charge in [0.15, 0.2) is 18.9 Å². The summed E-state index contributed by atoms with van der Waals surface area (Å²) in [6.45, 7) is 1.67. The quantitative estimate of drug-likeness (QED) is 0.0199. The molecule has 0 aromatic carbocycles. The highest BCUT2D eigenvalue weighted by Crippen LogP contribution is 2.33. The Morgan fingerprint density at radius 3 is 1.15 bits per heavy atom. The van der Waals surface area contributed by atoms with Crippen molar-refractivity contribution in [1.29, 1.82) is 0 Å². The molecule has 19 nitrogen and oxygen atoms in total. The zero-order chi connectivity index (χ0) is 68.2. The van der Waals surface area contributed by atoms with Crippen molar-refractivity contribution in [3.8, 4) is 0 Å². The first kappa shape index (κ1) is 85.5. The zero-order valence-corrected chi connectivity index (χ0v) is 57.9.